The molecule has 5 heteroatoms. The fourth-order valence-corrected chi connectivity index (χ4v) is 1.63. The fraction of sp³-hybridized carbons (Fsp3) is 0.727. The van der Waals surface area contributed by atoms with Crippen molar-refractivity contribution < 1.29 is 4.74 Å². The van der Waals surface area contributed by atoms with Crippen molar-refractivity contribution in [3.63, 3.8) is 0 Å². The van der Waals surface area contributed by atoms with Crippen molar-refractivity contribution in [2.75, 3.05) is 20.3 Å². The second-order valence-corrected chi connectivity index (χ2v) is 3.91. The molecule has 0 fully saturated rings. The van der Waals surface area contributed by atoms with E-state index in [9.17, 15) is 0 Å². The summed E-state index contributed by atoms with van der Waals surface area (Å²) in [6, 6.07) is 2.38. The molecule has 0 radical (unpaired) electrons. The number of methoxy groups -OCH3 is 1. The van der Waals surface area contributed by atoms with Crippen molar-refractivity contribution in [3.8, 4) is 0 Å². The highest BCUT2D eigenvalue weighted by Gasteiger charge is 2.08. The Kier molecular flexibility index (Phi) is 6.07. The molecule has 1 atom stereocenters. The van der Waals surface area contributed by atoms with Crippen LogP contribution >= 0.6 is 0 Å². The number of aromatic nitrogens is 2. The Balaban J connectivity index is 2.34. The van der Waals surface area contributed by atoms with Crippen LogP contribution in [0.2, 0.25) is 0 Å². The molecule has 1 rings (SSSR count). The molecule has 1 unspecified atom stereocenters. The molecule has 92 valence electrons. The smallest absolute Gasteiger partial charge is 0.0615 e. The van der Waals surface area contributed by atoms with Crippen LogP contribution in [0.3, 0.4) is 0 Å². The average Bonchev–Trinajstić information content (AvgIpc) is 2.68. The normalized spacial score (nSPS) is 12.9. The number of hydrogen-bond donors (Lipinski definition) is 2. The summed E-state index contributed by atoms with van der Waals surface area (Å²) in [5.74, 6) is 0. The second kappa shape index (κ2) is 7.38. The summed E-state index contributed by atoms with van der Waals surface area (Å²) in [6.07, 6.45) is 3.87. The molecular weight excluding hydrogens is 204 g/mol. The van der Waals surface area contributed by atoms with Crippen LogP contribution in [0.1, 0.15) is 18.5 Å². The van der Waals surface area contributed by atoms with E-state index in [2.05, 4.69) is 10.4 Å². The zero-order valence-electron chi connectivity index (χ0n) is 10.1. The van der Waals surface area contributed by atoms with Crippen LogP contribution in [-0.4, -0.2) is 36.1 Å². The molecule has 5 nitrogen and oxygen atoms in total. The molecule has 0 aliphatic heterocycles. The van der Waals surface area contributed by atoms with E-state index < -0.39 is 0 Å². The zero-order valence-corrected chi connectivity index (χ0v) is 10.1. The van der Waals surface area contributed by atoms with Gasteiger partial charge >= 0.3 is 0 Å². The van der Waals surface area contributed by atoms with E-state index in [-0.39, 0.29) is 0 Å². The Morgan fingerprint density at radius 2 is 2.44 bits per heavy atom. The Labute approximate surface area is 97.0 Å². The minimum atomic E-state index is 0.364. The molecule has 16 heavy (non-hydrogen) atoms. The largest absolute Gasteiger partial charge is 0.383 e. The highest BCUT2D eigenvalue weighted by molar-refractivity contribution is 4.99. The highest BCUT2D eigenvalue weighted by Crippen LogP contribution is 2.01. The van der Waals surface area contributed by atoms with E-state index in [1.165, 1.54) is 5.69 Å². The van der Waals surface area contributed by atoms with Crippen molar-refractivity contribution in [2.24, 2.45) is 12.8 Å². The molecular formula is C11H22N4O. The van der Waals surface area contributed by atoms with E-state index >= 15 is 0 Å². The van der Waals surface area contributed by atoms with Crippen LogP contribution < -0.4 is 11.1 Å². The third-order valence-electron chi connectivity index (χ3n) is 2.62. The lowest BCUT2D eigenvalue weighted by Gasteiger charge is -2.17. The molecule has 1 heterocycles. The first-order chi connectivity index (χ1) is 7.77. The van der Waals surface area contributed by atoms with Gasteiger partial charge in [-0.3, -0.25) is 4.68 Å². The summed E-state index contributed by atoms with van der Waals surface area (Å²) >= 11 is 0. The van der Waals surface area contributed by atoms with Crippen molar-refractivity contribution >= 4 is 0 Å². The predicted octanol–water partition coefficient (Wildman–Crippen LogP) is 0.264. The van der Waals surface area contributed by atoms with Crippen molar-refractivity contribution in [3.05, 3.63) is 18.0 Å². The van der Waals surface area contributed by atoms with E-state index in [4.69, 9.17) is 10.5 Å². The fourth-order valence-electron chi connectivity index (χ4n) is 1.63. The molecule has 0 amide bonds. The van der Waals surface area contributed by atoms with Gasteiger partial charge in [0, 0.05) is 32.9 Å². The monoisotopic (exact) mass is 226 g/mol. The van der Waals surface area contributed by atoms with E-state index in [0.717, 1.165) is 32.5 Å². The minimum Gasteiger partial charge on any atom is -0.383 e. The maximum Gasteiger partial charge on any atom is 0.0615 e. The summed E-state index contributed by atoms with van der Waals surface area (Å²) in [6.45, 7) is 2.26. The number of nitrogens with two attached hydrogens (primary N) is 1. The topological polar surface area (TPSA) is 65.1 Å². The number of ether oxygens (including phenoxy) is 1. The van der Waals surface area contributed by atoms with Crippen molar-refractivity contribution in [1.29, 1.82) is 0 Å². The van der Waals surface area contributed by atoms with Gasteiger partial charge in [-0.05, 0) is 25.5 Å². The lowest BCUT2D eigenvalue weighted by atomic mass is 10.1. The minimum absolute atomic E-state index is 0.364. The molecule has 3 N–H and O–H groups in total. The van der Waals surface area contributed by atoms with Gasteiger partial charge in [-0.1, -0.05) is 0 Å². The van der Waals surface area contributed by atoms with Crippen LogP contribution in [0.4, 0.5) is 0 Å². The number of aryl methyl sites for hydroxylation is 1. The summed E-state index contributed by atoms with van der Waals surface area (Å²) < 4.78 is 7.05. The van der Waals surface area contributed by atoms with Crippen LogP contribution in [-0.2, 0) is 18.3 Å². The molecule has 0 saturated carbocycles. The highest BCUT2D eigenvalue weighted by atomic mass is 16.5. The summed E-state index contributed by atoms with van der Waals surface area (Å²) in [5.41, 5.74) is 6.68. The first-order valence-corrected chi connectivity index (χ1v) is 5.67. The van der Waals surface area contributed by atoms with Gasteiger partial charge in [0.1, 0.15) is 0 Å². The summed E-state index contributed by atoms with van der Waals surface area (Å²) in [5, 5.41) is 7.59. The SMILES string of the molecule is COCC(CCCN)NCc1ccnn1C. The van der Waals surface area contributed by atoms with Gasteiger partial charge in [-0.2, -0.15) is 5.10 Å². The summed E-state index contributed by atoms with van der Waals surface area (Å²) in [7, 11) is 3.67. The van der Waals surface area contributed by atoms with Gasteiger partial charge in [-0.25, -0.2) is 0 Å². The third-order valence-corrected chi connectivity index (χ3v) is 2.62. The molecule has 0 aliphatic rings. The summed E-state index contributed by atoms with van der Waals surface area (Å²) in [4.78, 5) is 0. The first-order valence-electron chi connectivity index (χ1n) is 5.67. The second-order valence-electron chi connectivity index (χ2n) is 3.91. The lowest BCUT2D eigenvalue weighted by Crippen LogP contribution is -2.33. The van der Waals surface area contributed by atoms with Crippen LogP contribution in [0.25, 0.3) is 0 Å². The Bertz CT molecular complexity index is 287. The zero-order chi connectivity index (χ0) is 11.8. The lowest BCUT2D eigenvalue weighted by molar-refractivity contribution is 0.160. The molecule has 0 spiro atoms. The molecule has 0 bridgehead atoms. The predicted molar refractivity (Wildman–Crippen MR) is 64.0 cm³/mol. The quantitative estimate of drug-likeness (QED) is 0.667. The van der Waals surface area contributed by atoms with Gasteiger partial charge in [0.25, 0.3) is 0 Å². The average molecular weight is 226 g/mol. The van der Waals surface area contributed by atoms with E-state index in [0.29, 0.717) is 6.04 Å². The van der Waals surface area contributed by atoms with Crippen LogP contribution in [0, 0.1) is 0 Å². The van der Waals surface area contributed by atoms with Gasteiger partial charge in [0.15, 0.2) is 0 Å². The first kappa shape index (κ1) is 13.2. The van der Waals surface area contributed by atoms with Crippen molar-refractivity contribution in [1.82, 2.24) is 15.1 Å². The van der Waals surface area contributed by atoms with E-state index in [1.54, 1.807) is 7.11 Å². The van der Waals surface area contributed by atoms with Gasteiger partial charge in [0.05, 0.1) is 12.3 Å². The third kappa shape index (κ3) is 4.30. The van der Waals surface area contributed by atoms with Crippen LogP contribution in [0.5, 0.6) is 0 Å². The molecule has 0 saturated heterocycles. The molecule has 1 aromatic rings. The van der Waals surface area contributed by atoms with Crippen molar-refractivity contribution in [2.45, 2.75) is 25.4 Å². The molecule has 0 aliphatic carbocycles. The maximum atomic E-state index is 5.51. The Hall–Kier alpha value is -0.910. The maximum absolute atomic E-state index is 5.51. The van der Waals surface area contributed by atoms with Crippen LogP contribution in [0.15, 0.2) is 12.3 Å². The standard InChI is InChI=1S/C11H22N4O/c1-15-11(5-7-14-15)8-13-10(9-16-2)4-3-6-12/h5,7,10,13H,3-4,6,8-9,12H2,1-2H3. The molecule has 0 aromatic carbocycles. The Morgan fingerprint density at radius 1 is 1.62 bits per heavy atom. The number of nitrogens with one attached hydrogen (secondary N) is 1. The van der Waals surface area contributed by atoms with Gasteiger partial charge in [-0.15, -0.1) is 0 Å². The number of rotatable bonds is 8. The van der Waals surface area contributed by atoms with Gasteiger partial charge < -0.3 is 15.8 Å². The Morgan fingerprint density at radius 3 is 3.00 bits per heavy atom. The number of hydrogen-bond acceptors (Lipinski definition) is 4. The number of nitrogens with zero attached hydrogens (tertiary/aromatic N) is 2. The molecule has 1 aromatic heterocycles. The van der Waals surface area contributed by atoms with Gasteiger partial charge in [0.2, 0.25) is 0 Å². The van der Waals surface area contributed by atoms with E-state index in [1.807, 2.05) is 24.0 Å².